The smallest absolute Gasteiger partial charge is 0.408 e. The number of rotatable bonds is 9. The second kappa shape index (κ2) is 11.4. The molecule has 3 rings (SSSR count). The summed E-state index contributed by atoms with van der Waals surface area (Å²) in [6, 6.07) is 8.63. The molecule has 37 heavy (non-hydrogen) atoms. The summed E-state index contributed by atoms with van der Waals surface area (Å²) >= 11 is 3.13. The Morgan fingerprint density at radius 2 is 1.81 bits per heavy atom. The molecule has 2 aromatic carbocycles. The van der Waals surface area contributed by atoms with Gasteiger partial charge in [0.2, 0.25) is 5.91 Å². The number of nitro groups is 2. The molecule has 0 spiro atoms. The Kier molecular flexibility index (Phi) is 8.48. The highest BCUT2D eigenvalue weighted by molar-refractivity contribution is 9.10. The number of alkyl carbamates (subject to hydrolysis) is 1. The van der Waals surface area contributed by atoms with E-state index in [-0.39, 0.29) is 29.4 Å². The van der Waals surface area contributed by atoms with Crippen molar-refractivity contribution < 1.29 is 24.2 Å². The van der Waals surface area contributed by atoms with Gasteiger partial charge < -0.3 is 20.4 Å². The van der Waals surface area contributed by atoms with Crippen molar-refractivity contribution in [2.24, 2.45) is 0 Å². The first kappa shape index (κ1) is 27.6. The van der Waals surface area contributed by atoms with Gasteiger partial charge in [-0.25, -0.2) is 4.79 Å². The molecule has 3 aromatic rings. The predicted octanol–water partition coefficient (Wildman–Crippen LogP) is 4.54. The van der Waals surface area contributed by atoms with Gasteiger partial charge in [0.15, 0.2) is 0 Å². The van der Waals surface area contributed by atoms with Gasteiger partial charge in [0.25, 0.3) is 11.4 Å². The molecule has 0 unspecified atom stereocenters. The number of aromatic amines is 1. The highest BCUT2D eigenvalue weighted by Crippen LogP contribution is 2.33. The van der Waals surface area contributed by atoms with E-state index >= 15 is 0 Å². The van der Waals surface area contributed by atoms with Crippen molar-refractivity contribution in [1.82, 2.24) is 15.6 Å². The van der Waals surface area contributed by atoms with Crippen LogP contribution < -0.4 is 10.6 Å². The summed E-state index contributed by atoms with van der Waals surface area (Å²) in [5.74, 6) is -0.507. The molecule has 0 fully saturated rings. The van der Waals surface area contributed by atoms with Gasteiger partial charge in [-0.3, -0.25) is 25.0 Å². The monoisotopic (exact) mass is 575 g/mol. The molecular weight excluding hydrogens is 550 g/mol. The number of hydrogen-bond donors (Lipinski definition) is 3. The van der Waals surface area contributed by atoms with Crippen LogP contribution in [0.1, 0.15) is 31.9 Å². The first-order chi connectivity index (χ1) is 17.4. The Balaban J connectivity index is 1.77. The molecule has 0 bridgehead atoms. The highest BCUT2D eigenvalue weighted by Gasteiger charge is 2.26. The van der Waals surface area contributed by atoms with E-state index in [9.17, 15) is 29.8 Å². The number of amides is 2. The van der Waals surface area contributed by atoms with Crippen LogP contribution in [-0.2, 0) is 22.4 Å². The van der Waals surface area contributed by atoms with Gasteiger partial charge in [0, 0.05) is 36.1 Å². The lowest BCUT2D eigenvalue weighted by Gasteiger charge is -2.23. The third-order valence-electron chi connectivity index (χ3n) is 5.32. The molecule has 2 amide bonds. The Morgan fingerprint density at radius 3 is 2.46 bits per heavy atom. The molecule has 1 aromatic heterocycles. The second-order valence-electron chi connectivity index (χ2n) is 9.26. The number of para-hydroxylation sites is 1. The Hall–Kier alpha value is -4.00. The fraction of sp³-hybridized carbons (Fsp3) is 0.333. The summed E-state index contributed by atoms with van der Waals surface area (Å²) in [4.78, 5) is 49.8. The first-order valence-corrected chi connectivity index (χ1v) is 12.1. The Bertz CT molecular complexity index is 1350. The lowest BCUT2D eigenvalue weighted by Crippen LogP contribution is -2.49. The van der Waals surface area contributed by atoms with Crippen LogP contribution in [0.25, 0.3) is 10.9 Å². The second-order valence-corrected chi connectivity index (χ2v) is 10.0. The zero-order valence-electron chi connectivity index (χ0n) is 20.4. The lowest BCUT2D eigenvalue weighted by molar-refractivity contribution is -0.394. The molecule has 1 atom stereocenters. The van der Waals surface area contributed by atoms with Crippen LogP contribution in [0, 0.1) is 20.2 Å². The molecule has 0 saturated carbocycles. The molecule has 0 radical (unpaired) electrons. The quantitative estimate of drug-likeness (QED) is 0.248. The zero-order chi connectivity index (χ0) is 27.3. The van der Waals surface area contributed by atoms with Gasteiger partial charge in [0.1, 0.15) is 11.6 Å². The fourth-order valence-electron chi connectivity index (χ4n) is 3.69. The summed E-state index contributed by atoms with van der Waals surface area (Å²) in [5, 5.41) is 28.7. The van der Waals surface area contributed by atoms with Crippen molar-refractivity contribution >= 4 is 50.2 Å². The average Bonchev–Trinajstić information content (AvgIpc) is 3.21. The molecule has 196 valence electrons. The zero-order valence-corrected chi connectivity index (χ0v) is 22.0. The minimum atomic E-state index is -0.989. The van der Waals surface area contributed by atoms with Crippen molar-refractivity contribution in [2.45, 2.75) is 45.3 Å². The summed E-state index contributed by atoms with van der Waals surface area (Å²) in [6.45, 7) is 5.13. The molecule has 1 heterocycles. The molecular formula is C24H26BrN5O7. The molecule has 0 aliphatic rings. The topological polar surface area (TPSA) is 170 Å². The number of non-ortho nitro benzene ring substituents is 1. The first-order valence-electron chi connectivity index (χ1n) is 11.3. The number of nitrogens with zero attached hydrogens (tertiary/aromatic N) is 2. The number of nitrogens with one attached hydrogen (secondary N) is 3. The van der Waals surface area contributed by atoms with E-state index in [1.165, 1.54) is 6.07 Å². The number of carbonyl (C=O) groups is 2. The molecule has 13 heteroatoms. The van der Waals surface area contributed by atoms with E-state index in [0.717, 1.165) is 22.5 Å². The SMILES string of the molecule is CC(C)(C)OC(=O)N[C@@H](Cc1c[nH]c2ccccc12)C(=O)NCCc1cc([N+](=O)[O-])cc([N+](=O)[O-])c1Br. The van der Waals surface area contributed by atoms with Crippen LogP contribution in [-0.4, -0.2) is 45.0 Å². The number of halogens is 1. The van der Waals surface area contributed by atoms with Crippen LogP contribution >= 0.6 is 15.9 Å². The number of hydrogen-bond acceptors (Lipinski definition) is 7. The maximum Gasteiger partial charge on any atom is 0.408 e. The third kappa shape index (κ3) is 7.26. The van der Waals surface area contributed by atoms with Crippen LogP contribution in [0.15, 0.2) is 47.1 Å². The summed E-state index contributed by atoms with van der Waals surface area (Å²) in [7, 11) is 0. The van der Waals surface area contributed by atoms with Gasteiger partial charge in [-0.05, 0) is 60.3 Å². The molecule has 0 aliphatic carbocycles. The van der Waals surface area contributed by atoms with Crippen LogP contribution in [0.4, 0.5) is 16.2 Å². The number of H-pyrrole nitrogens is 1. The van der Waals surface area contributed by atoms with Gasteiger partial charge >= 0.3 is 6.09 Å². The average molecular weight is 576 g/mol. The Morgan fingerprint density at radius 1 is 1.11 bits per heavy atom. The van der Waals surface area contributed by atoms with Crippen molar-refractivity contribution in [3.63, 3.8) is 0 Å². The predicted molar refractivity (Wildman–Crippen MR) is 139 cm³/mol. The fourth-order valence-corrected chi connectivity index (χ4v) is 4.27. The van der Waals surface area contributed by atoms with E-state index in [0.29, 0.717) is 0 Å². The minimum Gasteiger partial charge on any atom is -0.444 e. The van der Waals surface area contributed by atoms with Gasteiger partial charge in [-0.1, -0.05) is 18.2 Å². The van der Waals surface area contributed by atoms with Crippen LogP contribution in [0.2, 0.25) is 0 Å². The van der Waals surface area contributed by atoms with Crippen LogP contribution in [0.5, 0.6) is 0 Å². The normalized spacial score (nSPS) is 12.1. The van der Waals surface area contributed by atoms with E-state index in [2.05, 4.69) is 31.5 Å². The molecule has 12 nitrogen and oxygen atoms in total. The number of benzene rings is 2. The Labute approximate surface area is 220 Å². The minimum absolute atomic E-state index is 0.0101. The highest BCUT2D eigenvalue weighted by atomic mass is 79.9. The number of fused-ring (bicyclic) bond motifs is 1. The standard InChI is InChI=1S/C24H26BrN5O7/c1-24(2,3)37-23(32)28-19(11-15-13-27-18-7-5-4-6-17(15)18)22(31)26-9-8-14-10-16(29(33)34)12-20(21(14)25)30(35)36/h4-7,10,12-13,19,27H,8-9,11H2,1-3H3,(H,26,31)(H,28,32)/t19-/m0/s1. The lowest BCUT2D eigenvalue weighted by atomic mass is 10.0. The van der Waals surface area contributed by atoms with E-state index < -0.39 is 44.9 Å². The van der Waals surface area contributed by atoms with E-state index in [4.69, 9.17) is 4.74 Å². The van der Waals surface area contributed by atoms with Crippen molar-refractivity contribution in [3.8, 4) is 0 Å². The van der Waals surface area contributed by atoms with Crippen LogP contribution in [0.3, 0.4) is 0 Å². The maximum atomic E-state index is 13.1. The van der Waals surface area contributed by atoms with E-state index in [1.54, 1.807) is 27.0 Å². The largest absolute Gasteiger partial charge is 0.444 e. The summed E-state index contributed by atoms with van der Waals surface area (Å²) < 4.78 is 5.41. The number of ether oxygens (including phenoxy) is 1. The number of aromatic nitrogens is 1. The van der Waals surface area contributed by atoms with Gasteiger partial charge in [0.05, 0.1) is 20.4 Å². The van der Waals surface area contributed by atoms with Gasteiger partial charge in [-0.2, -0.15) is 0 Å². The van der Waals surface area contributed by atoms with Gasteiger partial charge in [-0.15, -0.1) is 0 Å². The third-order valence-corrected chi connectivity index (χ3v) is 6.24. The van der Waals surface area contributed by atoms with Crippen molar-refractivity contribution in [2.75, 3.05) is 6.54 Å². The summed E-state index contributed by atoms with van der Waals surface area (Å²) in [5.41, 5.74) is 0.332. The number of carbonyl (C=O) groups excluding carboxylic acids is 2. The molecule has 0 saturated heterocycles. The molecule has 3 N–H and O–H groups in total. The van der Waals surface area contributed by atoms with Crippen molar-refractivity contribution in [1.29, 1.82) is 0 Å². The summed E-state index contributed by atoms with van der Waals surface area (Å²) in [6.07, 6.45) is 1.24. The van der Waals surface area contributed by atoms with Crippen molar-refractivity contribution in [3.05, 3.63) is 78.4 Å². The number of nitro benzene ring substituents is 2. The molecule has 0 aliphatic heterocycles. The van der Waals surface area contributed by atoms with E-state index in [1.807, 2.05) is 24.3 Å². The maximum absolute atomic E-state index is 13.1.